The number of hydrogen-bond donors (Lipinski definition) is 2. The summed E-state index contributed by atoms with van der Waals surface area (Å²) in [5, 5.41) is 12.0. The number of aromatic hydroxyl groups is 1. The molecule has 0 aliphatic heterocycles. The van der Waals surface area contributed by atoms with Gasteiger partial charge in [0.15, 0.2) is 0 Å². The Bertz CT molecular complexity index is 407. The first-order valence-corrected chi connectivity index (χ1v) is 5.33. The first kappa shape index (κ1) is 13.4. The third-order valence-electron chi connectivity index (χ3n) is 2.51. The summed E-state index contributed by atoms with van der Waals surface area (Å²) in [5.41, 5.74) is 0.425. The number of halogens is 1. The Morgan fingerprint density at radius 3 is 2.71 bits per heavy atom. The van der Waals surface area contributed by atoms with Crippen LogP contribution in [0.15, 0.2) is 18.2 Å². The second kappa shape index (κ2) is 5.63. The van der Waals surface area contributed by atoms with Crippen LogP contribution in [-0.2, 0) is 4.79 Å². The predicted molar refractivity (Wildman–Crippen MR) is 63.2 cm³/mol. The maximum Gasteiger partial charge on any atom is 0.236 e. The molecular formula is C12H17FN2O2. The quantitative estimate of drug-likeness (QED) is 0.833. The van der Waals surface area contributed by atoms with E-state index >= 15 is 0 Å². The first-order chi connectivity index (χ1) is 7.91. The van der Waals surface area contributed by atoms with Crippen LogP contribution in [0, 0.1) is 5.82 Å². The summed E-state index contributed by atoms with van der Waals surface area (Å²) in [4.78, 5) is 12.8. The fraction of sp³-hybridized carbons (Fsp3) is 0.417. The Morgan fingerprint density at radius 2 is 2.18 bits per heavy atom. The lowest BCUT2D eigenvalue weighted by atomic mass is 10.1. The molecule has 4 nitrogen and oxygen atoms in total. The average molecular weight is 240 g/mol. The Balaban J connectivity index is 2.64. The number of nitrogens with zero attached hydrogens (tertiary/aromatic N) is 1. The van der Waals surface area contributed by atoms with Crippen LogP contribution in [0.3, 0.4) is 0 Å². The Kier molecular flexibility index (Phi) is 4.45. The van der Waals surface area contributed by atoms with Gasteiger partial charge in [-0.3, -0.25) is 4.79 Å². The number of carbonyl (C=O) groups excluding carboxylic acids is 1. The maximum absolute atomic E-state index is 13.5. The van der Waals surface area contributed by atoms with E-state index in [-0.39, 0.29) is 24.2 Å². The van der Waals surface area contributed by atoms with Gasteiger partial charge in [0.1, 0.15) is 11.6 Å². The zero-order valence-electron chi connectivity index (χ0n) is 10.2. The van der Waals surface area contributed by atoms with Gasteiger partial charge in [-0.05, 0) is 13.0 Å². The average Bonchev–Trinajstić information content (AvgIpc) is 2.25. The summed E-state index contributed by atoms with van der Waals surface area (Å²) < 4.78 is 13.5. The molecule has 2 N–H and O–H groups in total. The monoisotopic (exact) mass is 240 g/mol. The van der Waals surface area contributed by atoms with Crippen LogP contribution in [-0.4, -0.2) is 36.6 Å². The zero-order chi connectivity index (χ0) is 13.0. The van der Waals surface area contributed by atoms with E-state index in [9.17, 15) is 9.18 Å². The van der Waals surface area contributed by atoms with E-state index < -0.39 is 5.82 Å². The third kappa shape index (κ3) is 3.71. The van der Waals surface area contributed by atoms with Crippen LogP contribution < -0.4 is 5.32 Å². The highest BCUT2D eigenvalue weighted by atomic mass is 19.1. The van der Waals surface area contributed by atoms with E-state index in [1.807, 2.05) is 0 Å². The predicted octanol–water partition coefficient (Wildman–Crippen LogP) is 1.27. The molecule has 0 aromatic heterocycles. The van der Waals surface area contributed by atoms with Gasteiger partial charge in [-0.25, -0.2) is 4.39 Å². The second-order valence-corrected chi connectivity index (χ2v) is 4.10. The molecule has 94 valence electrons. The molecule has 0 spiro atoms. The molecule has 0 bridgehead atoms. The number of nitrogens with one attached hydrogen (secondary N) is 1. The highest BCUT2D eigenvalue weighted by Crippen LogP contribution is 2.20. The van der Waals surface area contributed by atoms with Gasteiger partial charge in [-0.15, -0.1) is 0 Å². The van der Waals surface area contributed by atoms with E-state index in [1.165, 1.54) is 17.0 Å². The number of hydrogen-bond acceptors (Lipinski definition) is 3. The lowest BCUT2D eigenvalue weighted by Gasteiger charge is -2.17. The van der Waals surface area contributed by atoms with E-state index in [4.69, 9.17) is 5.11 Å². The van der Waals surface area contributed by atoms with Crippen LogP contribution in [0.25, 0.3) is 0 Å². The minimum absolute atomic E-state index is 0.0731. The molecule has 0 aliphatic carbocycles. The van der Waals surface area contributed by atoms with Crippen LogP contribution in [0.4, 0.5) is 4.39 Å². The van der Waals surface area contributed by atoms with E-state index in [0.29, 0.717) is 5.56 Å². The summed E-state index contributed by atoms with van der Waals surface area (Å²) in [7, 11) is 3.33. The molecule has 1 atom stereocenters. The van der Waals surface area contributed by atoms with Crippen molar-refractivity contribution in [3.8, 4) is 5.75 Å². The molecule has 5 heteroatoms. The van der Waals surface area contributed by atoms with Crippen molar-refractivity contribution in [2.45, 2.75) is 13.0 Å². The van der Waals surface area contributed by atoms with Gasteiger partial charge >= 0.3 is 0 Å². The van der Waals surface area contributed by atoms with E-state index in [2.05, 4.69) is 5.32 Å². The SMILES string of the molecule is CC(NCC(=O)N(C)C)c1ccc(O)cc1F. The standard InChI is InChI=1S/C12H17FN2O2/c1-8(14-7-12(17)15(2)3)10-5-4-9(16)6-11(10)13/h4-6,8,14,16H,7H2,1-3H3. The molecule has 1 rings (SSSR count). The zero-order valence-corrected chi connectivity index (χ0v) is 10.2. The second-order valence-electron chi connectivity index (χ2n) is 4.10. The molecule has 1 aromatic rings. The van der Waals surface area contributed by atoms with Crippen LogP contribution in [0.2, 0.25) is 0 Å². The molecule has 17 heavy (non-hydrogen) atoms. The van der Waals surface area contributed by atoms with Crippen molar-refractivity contribution in [1.82, 2.24) is 10.2 Å². The topological polar surface area (TPSA) is 52.6 Å². The van der Waals surface area contributed by atoms with Gasteiger partial charge in [0.2, 0.25) is 5.91 Å². The molecule has 0 aliphatic rings. The summed E-state index contributed by atoms with van der Waals surface area (Å²) in [6.45, 7) is 1.91. The summed E-state index contributed by atoms with van der Waals surface area (Å²) in [6.07, 6.45) is 0. The Morgan fingerprint density at radius 1 is 1.53 bits per heavy atom. The Labute approximate surface area is 100 Å². The summed E-state index contributed by atoms with van der Waals surface area (Å²) in [5.74, 6) is -0.666. The van der Waals surface area contributed by atoms with E-state index in [0.717, 1.165) is 6.07 Å². The number of amides is 1. The van der Waals surface area contributed by atoms with Crippen molar-refractivity contribution in [3.63, 3.8) is 0 Å². The van der Waals surface area contributed by atoms with Gasteiger partial charge in [-0.1, -0.05) is 6.07 Å². The number of benzene rings is 1. The van der Waals surface area contributed by atoms with Crippen molar-refractivity contribution < 1.29 is 14.3 Å². The fourth-order valence-electron chi connectivity index (χ4n) is 1.38. The molecule has 0 saturated carbocycles. The number of rotatable bonds is 4. The van der Waals surface area contributed by atoms with Gasteiger partial charge in [-0.2, -0.15) is 0 Å². The lowest BCUT2D eigenvalue weighted by Crippen LogP contribution is -2.34. The minimum Gasteiger partial charge on any atom is -0.508 e. The van der Waals surface area contributed by atoms with Crippen LogP contribution in [0.1, 0.15) is 18.5 Å². The maximum atomic E-state index is 13.5. The van der Waals surface area contributed by atoms with Gasteiger partial charge in [0.05, 0.1) is 6.54 Å². The highest BCUT2D eigenvalue weighted by molar-refractivity contribution is 5.77. The molecule has 0 fully saturated rings. The Hall–Kier alpha value is -1.62. The number of phenols is 1. The van der Waals surface area contributed by atoms with Gasteiger partial charge < -0.3 is 15.3 Å². The van der Waals surface area contributed by atoms with Gasteiger partial charge in [0.25, 0.3) is 0 Å². The van der Waals surface area contributed by atoms with Gasteiger partial charge in [0, 0.05) is 31.8 Å². The van der Waals surface area contributed by atoms with Crippen LogP contribution in [0.5, 0.6) is 5.75 Å². The molecule has 1 aromatic carbocycles. The van der Waals surface area contributed by atoms with Crippen molar-refractivity contribution >= 4 is 5.91 Å². The lowest BCUT2D eigenvalue weighted by molar-refractivity contribution is -0.127. The van der Waals surface area contributed by atoms with Crippen molar-refractivity contribution in [3.05, 3.63) is 29.6 Å². The molecule has 1 amide bonds. The molecule has 0 radical (unpaired) electrons. The summed E-state index contributed by atoms with van der Waals surface area (Å²) in [6, 6.07) is 3.69. The largest absolute Gasteiger partial charge is 0.508 e. The number of carbonyl (C=O) groups is 1. The minimum atomic E-state index is -0.484. The molecule has 0 heterocycles. The third-order valence-corrected chi connectivity index (χ3v) is 2.51. The van der Waals surface area contributed by atoms with E-state index in [1.54, 1.807) is 21.0 Å². The normalized spacial score (nSPS) is 12.2. The molecular weight excluding hydrogens is 223 g/mol. The number of likely N-dealkylation sites (N-methyl/N-ethyl adjacent to an activating group) is 1. The van der Waals surface area contributed by atoms with Crippen molar-refractivity contribution in [2.24, 2.45) is 0 Å². The first-order valence-electron chi connectivity index (χ1n) is 5.33. The smallest absolute Gasteiger partial charge is 0.236 e. The van der Waals surface area contributed by atoms with Crippen LogP contribution >= 0.6 is 0 Å². The number of phenolic OH excluding ortho intramolecular Hbond substituents is 1. The van der Waals surface area contributed by atoms with Crippen molar-refractivity contribution in [1.29, 1.82) is 0 Å². The highest BCUT2D eigenvalue weighted by Gasteiger charge is 2.13. The summed E-state index contributed by atoms with van der Waals surface area (Å²) >= 11 is 0. The molecule has 1 unspecified atom stereocenters. The molecule has 0 saturated heterocycles. The fourth-order valence-corrected chi connectivity index (χ4v) is 1.38. The van der Waals surface area contributed by atoms with Crippen molar-refractivity contribution in [2.75, 3.05) is 20.6 Å².